The van der Waals surface area contributed by atoms with Crippen molar-refractivity contribution in [3.8, 4) is 0 Å². The maximum Gasteiger partial charge on any atom is 0.273 e. The molecule has 0 bridgehead atoms. The van der Waals surface area contributed by atoms with E-state index in [4.69, 9.17) is 0 Å². The number of rotatable bonds is 4. The van der Waals surface area contributed by atoms with E-state index in [1.165, 1.54) is 0 Å². The zero-order chi connectivity index (χ0) is 11.1. The highest BCUT2D eigenvalue weighted by molar-refractivity contribution is 6.01. The normalized spacial score (nSPS) is 10.6. The number of hydrogen-bond acceptors (Lipinski definition) is 3. The minimum Gasteiger partial charge on any atom is -0.384 e. The molecule has 0 saturated heterocycles. The summed E-state index contributed by atoms with van der Waals surface area (Å²) in [7, 11) is 1.62. The van der Waals surface area contributed by atoms with Gasteiger partial charge in [-0.1, -0.05) is 30.3 Å². The number of carbonyl (C=O) groups is 2. The standard InChI is InChI=1S/C11H12N2O2/c1-12-10(11(15)13-8-14)7-9-5-3-2-4-6-9/h2-8,12H,1H3,(H,13,14,15)/b10-7-. The molecule has 0 aliphatic carbocycles. The minimum atomic E-state index is -0.448. The Morgan fingerprint density at radius 2 is 1.93 bits per heavy atom. The number of benzene rings is 1. The van der Waals surface area contributed by atoms with Gasteiger partial charge in [-0.05, 0) is 11.6 Å². The Labute approximate surface area is 88.0 Å². The lowest BCUT2D eigenvalue weighted by Gasteiger charge is -2.03. The monoisotopic (exact) mass is 204 g/mol. The highest BCUT2D eigenvalue weighted by atomic mass is 16.2. The summed E-state index contributed by atoms with van der Waals surface area (Å²) in [5.74, 6) is -0.448. The van der Waals surface area contributed by atoms with Crippen molar-refractivity contribution in [2.45, 2.75) is 0 Å². The Bertz CT molecular complexity index is 371. The molecule has 0 saturated carbocycles. The topological polar surface area (TPSA) is 58.2 Å². The summed E-state index contributed by atoms with van der Waals surface area (Å²) in [5, 5.41) is 4.79. The molecule has 2 amide bonds. The number of amides is 2. The molecule has 2 N–H and O–H groups in total. The lowest BCUT2D eigenvalue weighted by Crippen LogP contribution is -2.28. The van der Waals surface area contributed by atoms with Gasteiger partial charge in [0.2, 0.25) is 6.41 Å². The third-order valence-electron chi connectivity index (χ3n) is 1.81. The van der Waals surface area contributed by atoms with E-state index in [-0.39, 0.29) is 0 Å². The lowest BCUT2D eigenvalue weighted by molar-refractivity contribution is -0.122. The van der Waals surface area contributed by atoms with Crippen molar-refractivity contribution in [3.63, 3.8) is 0 Å². The van der Waals surface area contributed by atoms with Crippen LogP contribution in [0.2, 0.25) is 0 Å². The lowest BCUT2D eigenvalue weighted by atomic mass is 10.2. The highest BCUT2D eigenvalue weighted by Crippen LogP contribution is 2.04. The predicted molar refractivity (Wildman–Crippen MR) is 57.7 cm³/mol. The minimum absolute atomic E-state index is 0.341. The molecule has 0 atom stereocenters. The van der Waals surface area contributed by atoms with Crippen molar-refractivity contribution >= 4 is 18.4 Å². The fourth-order valence-corrected chi connectivity index (χ4v) is 1.10. The predicted octanol–water partition coefficient (Wildman–Crippen LogP) is 0.519. The van der Waals surface area contributed by atoms with Crippen LogP contribution in [0.5, 0.6) is 0 Å². The molecular formula is C11H12N2O2. The second kappa shape index (κ2) is 5.59. The molecule has 78 valence electrons. The van der Waals surface area contributed by atoms with Crippen LogP contribution in [0.3, 0.4) is 0 Å². The SMILES string of the molecule is CN/C(=C\c1ccccc1)C(=O)NC=O. The number of likely N-dealkylation sites (N-methyl/N-ethyl adjacent to an activating group) is 1. The van der Waals surface area contributed by atoms with Gasteiger partial charge < -0.3 is 5.32 Å². The van der Waals surface area contributed by atoms with Gasteiger partial charge in [0.15, 0.2) is 0 Å². The van der Waals surface area contributed by atoms with Gasteiger partial charge in [0.05, 0.1) is 0 Å². The van der Waals surface area contributed by atoms with Gasteiger partial charge in [-0.3, -0.25) is 14.9 Å². The van der Waals surface area contributed by atoms with Crippen molar-refractivity contribution in [2.24, 2.45) is 0 Å². The first-order valence-electron chi connectivity index (χ1n) is 4.47. The van der Waals surface area contributed by atoms with Gasteiger partial charge in [-0.15, -0.1) is 0 Å². The molecule has 0 radical (unpaired) electrons. The zero-order valence-corrected chi connectivity index (χ0v) is 8.36. The Morgan fingerprint density at radius 3 is 2.47 bits per heavy atom. The van der Waals surface area contributed by atoms with Gasteiger partial charge >= 0.3 is 0 Å². The Morgan fingerprint density at radius 1 is 1.27 bits per heavy atom. The number of hydrogen-bond donors (Lipinski definition) is 2. The van der Waals surface area contributed by atoms with Crippen LogP contribution in [0, 0.1) is 0 Å². The molecule has 1 aromatic carbocycles. The molecule has 0 aromatic heterocycles. The van der Waals surface area contributed by atoms with Crippen molar-refractivity contribution < 1.29 is 9.59 Å². The molecule has 1 aromatic rings. The number of nitrogens with one attached hydrogen (secondary N) is 2. The fourth-order valence-electron chi connectivity index (χ4n) is 1.10. The molecule has 1 rings (SSSR count). The van der Waals surface area contributed by atoms with Gasteiger partial charge in [-0.2, -0.15) is 0 Å². The van der Waals surface area contributed by atoms with Gasteiger partial charge in [0.1, 0.15) is 5.70 Å². The first-order valence-corrected chi connectivity index (χ1v) is 4.47. The summed E-state index contributed by atoms with van der Waals surface area (Å²) >= 11 is 0. The summed E-state index contributed by atoms with van der Waals surface area (Å²) < 4.78 is 0. The van der Waals surface area contributed by atoms with E-state index in [9.17, 15) is 9.59 Å². The molecule has 0 spiro atoms. The summed E-state index contributed by atoms with van der Waals surface area (Å²) in [4.78, 5) is 21.4. The summed E-state index contributed by atoms with van der Waals surface area (Å²) in [6, 6.07) is 9.37. The molecule has 0 heterocycles. The molecular weight excluding hydrogens is 192 g/mol. The summed E-state index contributed by atoms with van der Waals surface area (Å²) in [6.07, 6.45) is 2.03. The number of imide groups is 1. The molecule has 4 heteroatoms. The smallest absolute Gasteiger partial charge is 0.273 e. The van der Waals surface area contributed by atoms with E-state index in [0.29, 0.717) is 12.1 Å². The van der Waals surface area contributed by atoms with Crippen LogP contribution in [0.1, 0.15) is 5.56 Å². The van der Waals surface area contributed by atoms with E-state index in [1.807, 2.05) is 30.3 Å². The molecule has 0 aliphatic heterocycles. The fraction of sp³-hybridized carbons (Fsp3) is 0.0909. The Hall–Kier alpha value is -2.10. The molecule has 15 heavy (non-hydrogen) atoms. The third-order valence-corrected chi connectivity index (χ3v) is 1.81. The first kappa shape index (κ1) is 11.0. The molecule has 0 fully saturated rings. The van der Waals surface area contributed by atoms with E-state index < -0.39 is 5.91 Å². The maximum absolute atomic E-state index is 11.3. The largest absolute Gasteiger partial charge is 0.384 e. The first-order chi connectivity index (χ1) is 7.27. The quantitative estimate of drug-likeness (QED) is 0.555. The zero-order valence-electron chi connectivity index (χ0n) is 8.36. The third kappa shape index (κ3) is 3.27. The van der Waals surface area contributed by atoms with Crippen LogP contribution >= 0.6 is 0 Å². The summed E-state index contributed by atoms with van der Waals surface area (Å²) in [5.41, 5.74) is 1.23. The maximum atomic E-state index is 11.3. The van der Waals surface area contributed by atoms with E-state index in [0.717, 1.165) is 5.56 Å². The molecule has 0 unspecified atom stereocenters. The van der Waals surface area contributed by atoms with Crippen LogP contribution in [0.15, 0.2) is 36.0 Å². The van der Waals surface area contributed by atoms with Crippen LogP contribution in [0.25, 0.3) is 6.08 Å². The average Bonchev–Trinajstić information content (AvgIpc) is 2.27. The van der Waals surface area contributed by atoms with Gasteiger partial charge in [-0.25, -0.2) is 0 Å². The van der Waals surface area contributed by atoms with Crippen LogP contribution in [0.4, 0.5) is 0 Å². The van der Waals surface area contributed by atoms with Crippen molar-refractivity contribution in [3.05, 3.63) is 41.6 Å². The summed E-state index contributed by atoms with van der Waals surface area (Å²) in [6.45, 7) is 0. The van der Waals surface area contributed by atoms with Crippen molar-refractivity contribution in [1.82, 2.24) is 10.6 Å². The van der Waals surface area contributed by atoms with E-state index >= 15 is 0 Å². The Balaban J connectivity index is 2.87. The Kier molecular flexibility index (Phi) is 4.09. The average molecular weight is 204 g/mol. The highest BCUT2D eigenvalue weighted by Gasteiger charge is 2.05. The van der Waals surface area contributed by atoms with E-state index in [2.05, 4.69) is 10.6 Å². The van der Waals surface area contributed by atoms with Crippen LogP contribution in [-0.2, 0) is 9.59 Å². The number of carbonyl (C=O) groups excluding carboxylic acids is 2. The van der Waals surface area contributed by atoms with E-state index in [1.54, 1.807) is 13.1 Å². The van der Waals surface area contributed by atoms with Crippen molar-refractivity contribution in [2.75, 3.05) is 7.05 Å². The van der Waals surface area contributed by atoms with Crippen LogP contribution < -0.4 is 10.6 Å². The van der Waals surface area contributed by atoms with Crippen molar-refractivity contribution in [1.29, 1.82) is 0 Å². The van der Waals surface area contributed by atoms with Gasteiger partial charge in [0, 0.05) is 7.05 Å². The molecule has 0 aliphatic rings. The second-order valence-electron chi connectivity index (χ2n) is 2.81. The van der Waals surface area contributed by atoms with Crippen LogP contribution in [-0.4, -0.2) is 19.4 Å². The van der Waals surface area contributed by atoms with Gasteiger partial charge in [0.25, 0.3) is 5.91 Å². The molecule has 4 nitrogen and oxygen atoms in total. The second-order valence-corrected chi connectivity index (χ2v) is 2.81.